The number of benzene rings is 1. The highest BCUT2D eigenvalue weighted by Gasteiger charge is 2.16. The van der Waals surface area contributed by atoms with E-state index in [4.69, 9.17) is 4.98 Å². The average Bonchev–Trinajstić information content (AvgIpc) is 3.42. The highest BCUT2D eigenvalue weighted by Crippen LogP contribution is 2.33. The lowest BCUT2D eigenvalue weighted by Crippen LogP contribution is -1.89. The van der Waals surface area contributed by atoms with E-state index in [9.17, 15) is 4.39 Å². The molecular weight excluding hydrogens is 405 g/mol. The van der Waals surface area contributed by atoms with E-state index in [1.54, 1.807) is 24.8 Å². The van der Waals surface area contributed by atoms with Gasteiger partial charge in [-0.25, -0.2) is 9.37 Å². The summed E-state index contributed by atoms with van der Waals surface area (Å²) >= 11 is 0. The first kappa shape index (κ1) is 18.3. The van der Waals surface area contributed by atoms with Crippen LogP contribution in [0.25, 0.3) is 56.0 Å². The van der Waals surface area contributed by atoms with Gasteiger partial charge in [-0.15, -0.1) is 0 Å². The fraction of sp³-hybridized carbons (Fsp3) is 0.0417. The maximum Gasteiger partial charge on any atom is 0.135 e. The van der Waals surface area contributed by atoms with Crippen molar-refractivity contribution in [2.75, 3.05) is 0 Å². The van der Waals surface area contributed by atoms with Crippen molar-refractivity contribution in [2.45, 2.75) is 6.92 Å². The van der Waals surface area contributed by atoms with E-state index in [-0.39, 0.29) is 5.82 Å². The van der Waals surface area contributed by atoms with Gasteiger partial charge in [0.2, 0.25) is 0 Å². The standard InChI is InChI=1S/C24H16FN7/c1-13-8-14(10-15(25)9-13)22-16-11-20(29-17(16)4-5-28-22)24-23-19(31-32-24)3-2-18(30-23)21-12-26-6-7-27-21/h2-12,29H,1H3,(H,31,32). The van der Waals surface area contributed by atoms with E-state index in [0.29, 0.717) is 22.8 Å². The molecule has 0 atom stereocenters. The number of pyridine rings is 2. The number of rotatable bonds is 3. The summed E-state index contributed by atoms with van der Waals surface area (Å²) in [5.41, 5.74) is 7.56. The molecule has 0 saturated carbocycles. The topological polar surface area (TPSA) is 96.0 Å². The second-order valence-electron chi connectivity index (χ2n) is 7.58. The number of nitrogens with zero attached hydrogens (tertiary/aromatic N) is 5. The van der Waals surface area contributed by atoms with Crippen LogP contribution in [0.3, 0.4) is 0 Å². The lowest BCUT2D eigenvalue weighted by Gasteiger charge is -2.04. The number of aromatic nitrogens is 7. The van der Waals surface area contributed by atoms with Gasteiger partial charge in [0.25, 0.3) is 0 Å². The van der Waals surface area contributed by atoms with Crippen LogP contribution in [0, 0.1) is 12.7 Å². The van der Waals surface area contributed by atoms with Crippen LogP contribution in [0.5, 0.6) is 0 Å². The third-order valence-corrected chi connectivity index (χ3v) is 5.35. The third kappa shape index (κ3) is 3.01. The molecule has 6 aromatic rings. The Morgan fingerprint density at radius 2 is 1.78 bits per heavy atom. The molecule has 0 bridgehead atoms. The van der Waals surface area contributed by atoms with Gasteiger partial charge < -0.3 is 4.98 Å². The van der Waals surface area contributed by atoms with Gasteiger partial charge in [0.05, 0.1) is 28.8 Å². The molecule has 0 saturated heterocycles. The lowest BCUT2D eigenvalue weighted by molar-refractivity contribution is 0.627. The molecule has 154 valence electrons. The van der Waals surface area contributed by atoms with Crippen molar-refractivity contribution in [1.29, 1.82) is 0 Å². The molecule has 8 heteroatoms. The summed E-state index contributed by atoms with van der Waals surface area (Å²) in [6.45, 7) is 1.87. The molecule has 0 spiro atoms. The Balaban J connectivity index is 1.52. The zero-order valence-electron chi connectivity index (χ0n) is 17.0. The second-order valence-corrected chi connectivity index (χ2v) is 7.58. The van der Waals surface area contributed by atoms with Crippen molar-refractivity contribution in [3.63, 3.8) is 0 Å². The van der Waals surface area contributed by atoms with Gasteiger partial charge in [0.15, 0.2) is 0 Å². The van der Waals surface area contributed by atoms with E-state index >= 15 is 0 Å². The summed E-state index contributed by atoms with van der Waals surface area (Å²) in [5.74, 6) is -0.284. The van der Waals surface area contributed by atoms with Crippen molar-refractivity contribution in [3.05, 3.63) is 78.6 Å². The summed E-state index contributed by atoms with van der Waals surface area (Å²) in [4.78, 5) is 21.2. The van der Waals surface area contributed by atoms with Crippen molar-refractivity contribution in [1.82, 2.24) is 35.1 Å². The van der Waals surface area contributed by atoms with Crippen LogP contribution >= 0.6 is 0 Å². The number of hydrogen-bond donors (Lipinski definition) is 2. The fourth-order valence-corrected chi connectivity index (χ4v) is 3.95. The number of H-pyrrole nitrogens is 2. The quantitative estimate of drug-likeness (QED) is 0.416. The second kappa shape index (κ2) is 7.05. The molecule has 32 heavy (non-hydrogen) atoms. The maximum absolute atomic E-state index is 14.0. The third-order valence-electron chi connectivity index (χ3n) is 5.35. The molecule has 0 aliphatic rings. The predicted octanol–water partition coefficient (Wildman–Crippen LogP) is 5.07. The summed E-state index contributed by atoms with van der Waals surface area (Å²) in [6, 6.07) is 12.6. The summed E-state index contributed by atoms with van der Waals surface area (Å²) in [7, 11) is 0. The van der Waals surface area contributed by atoms with Crippen LogP contribution in [-0.4, -0.2) is 35.1 Å². The summed E-state index contributed by atoms with van der Waals surface area (Å²) in [6.07, 6.45) is 6.65. The van der Waals surface area contributed by atoms with Crippen LogP contribution in [0.1, 0.15) is 5.56 Å². The zero-order chi connectivity index (χ0) is 21.7. The predicted molar refractivity (Wildman–Crippen MR) is 120 cm³/mol. The van der Waals surface area contributed by atoms with E-state index < -0.39 is 0 Å². The molecule has 7 nitrogen and oxygen atoms in total. The van der Waals surface area contributed by atoms with Gasteiger partial charge >= 0.3 is 0 Å². The van der Waals surface area contributed by atoms with Gasteiger partial charge in [-0.05, 0) is 55.0 Å². The lowest BCUT2D eigenvalue weighted by atomic mass is 10.0. The highest BCUT2D eigenvalue weighted by atomic mass is 19.1. The molecule has 0 aliphatic carbocycles. The fourth-order valence-electron chi connectivity index (χ4n) is 3.95. The Hall–Kier alpha value is -4.46. The smallest absolute Gasteiger partial charge is 0.135 e. The van der Waals surface area contributed by atoms with Crippen molar-refractivity contribution < 1.29 is 4.39 Å². The average molecular weight is 421 g/mol. The van der Waals surface area contributed by atoms with Crippen LogP contribution in [-0.2, 0) is 0 Å². The Labute approximate surface area is 181 Å². The SMILES string of the molecule is Cc1cc(F)cc(-c2nccc3[nH]c(-c4n[nH]c5ccc(-c6cnccn6)nc45)cc23)c1. The van der Waals surface area contributed by atoms with Crippen molar-refractivity contribution in [2.24, 2.45) is 0 Å². The molecule has 0 amide bonds. The van der Waals surface area contributed by atoms with Gasteiger partial charge in [-0.2, -0.15) is 5.10 Å². The monoisotopic (exact) mass is 421 g/mol. The molecule has 6 rings (SSSR count). The van der Waals surface area contributed by atoms with Crippen molar-refractivity contribution in [3.8, 4) is 34.0 Å². The zero-order valence-corrected chi connectivity index (χ0v) is 17.0. The minimum Gasteiger partial charge on any atom is -0.353 e. The number of aryl methyl sites for hydroxylation is 1. The molecule has 5 aromatic heterocycles. The minimum absolute atomic E-state index is 0.284. The molecule has 2 N–H and O–H groups in total. The van der Waals surface area contributed by atoms with E-state index in [2.05, 4.69) is 30.1 Å². The molecule has 1 aromatic carbocycles. The number of hydrogen-bond acceptors (Lipinski definition) is 5. The molecular formula is C24H16FN7. The number of aromatic amines is 2. The molecule has 5 heterocycles. The van der Waals surface area contributed by atoms with Crippen LogP contribution in [0.4, 0.5) is 4.39 Å². The number of fused-ring (bicyclic) bond motifs is 2. The van der Waals surface area contributed by atoms with Crippen molar-refractivity contribution >= 4 is 21.9 Å². The van der Waals surface area contributed by atoms with E-state index in [1.807, 2.05) is 37.3 Å². The molecule has 0 radical (unpaired) electrons. The van der Waals surface area contributed by atoms with Gasteiger partial charge in [0, 0.05) is 35.1 Å². The Morgan fingerprint density at radius 1 is 0.844 bits per heavy atom. The first-order valence-electron chi connectivity index (χ1n) is 10.0. The van der Waals surface area contributed by atoms with Crippen LogP contribution in [0.2, 0.25) is 0 Å². The molecule has 0 unspecified atom stereocenters. The first-order valence-corrected chi connectivity index (χ1v) is 10.0. The molecule has 0 fully saturated rings. The van der Waals surface area contributed by atoms with E-state index in [1.165, 1.54) is 12.1 Å². The highest BCUT2D eigenvalue weighted by molar-refractivity contribution is 5.99. The number of nitrogens with one attached hydrogen (secondary N) is 2. The normalized spacial score (nSPS) is 11.4. The van der Waals surface area contributed by atoms with Gasteiger partial charge in [-0.3, -0.25) is 20.1 Å². The maximum atomic E-state index is 14.0. The van der Waals surface area contributed by atoms with Crippen LogP contribution in [0.15, 0.2) is 67.3 Å². The Bertz CT molecular complexity index is 1580. The summed E-state index contributed by atoms with van der Waals surface area (Å²) < 4.78 is 14.0. The molecule has 0 aliphatic heterocycles. The number of halogens is 1. The summed E-state index contributed by atoms with van der Waals surface area (Å²) in [5, 5.41) is 8.41. The Morgan fingerprint density at radius 3 is 2.62 bits per heavy atom. The van der Waals surface area contributed by atoms with Gasteiger partial charge in [-0.1, -0.05) is 0 Å². The van der Waals surface area contributed by atoms with Gasteiger partial charge in [0.1, 0.15) is 22.7 Å². The minimum atomic E-state index is -0.284. The largest absolute Gasteiger partial charge is 0.353 e. The first-order chi connectivity index (χ1) is 15.7. The van der Waals surface area contributed by atoms with E-state index in [0.717, 1.165) is 38.8 Å². The Kier molecular flexibility index (Phi) is 4.04. The van der Waals surface area contributed by atoms with Crippen LogP contribution < -0.4 is 0 Å².